The number of ether oxygens (including phenoxy) is 4. The summed E-state index contributed by atoms with van der Waals surface area (Å²) in [4.78, 5) is 11.8. The van der Waals surface area contributed by atoms with Crippen LogP contribution in [0.2, 0.25) is 0 Å². The minimum atomic E-state index is -0.516. The summed E-state index contributed by atoms with van der Waals surface area (Å²) in [6, 6.07) is 22.5. The van der Waals surface area contributed by atoms with Crippen molar-refractivity contribution in [2.75, 3.05) is 26.9 Å². The molecular formula is C32H41NO5. The summed E-state index contributed by atoms with van der Waals surface area (Å²) in [7, 11) is 1.64. The molecule has 0 radical (unpaired) electrons. The second-order valence-electron chi connectivity index (χ2n) is 10.2. The molecule has 204 valence electrons. The second kappa shape index (κ2) is 14.3. The van der Waals surface area contributed by atoms with Gasteiger partial charge in [-0.05, 0) is 74.6 Å². The first kappa shape index (κ1) is 28.9. The number of unbranched alkanes of at least 4 members (excludes halogenated alkanes) is 2. The fourth-order valence-corrected chi connectivity index (χ4v) is 3.87. The molecule has 0 heterocycles. The van der Waals surface area contributed by atoms with Crippen LogP contribution in [0, 0.1) is 0 Å². The number of amides is 1. The van der Waals surface area contributed by atoms with Gasteiger partial charge in [0.1, 0.15) is 22.8 Å². The topological polar surface area (TPSA) is 66.0 Å². The molecule has 0 unspecified atom stereocenters. The molecule has 3 rings (SSSR count). The number of alkyl carbamates (subject to hydrolysis) is 1. The fourth-order valence-electron chi connectivity index (χ4n) is 3.87. The molecule has 6 heteroatoms. The maximum Gasteiger partial charge on any atom is 0.407 e. The van der Waals surface area contributed by atoms with Gasteiger partial charge in [0, 0.05) is 18.2 Å². The molecule has 0 atom stereocenters. The van der Waals surface area contributed by atoms with Gasteiger partial charge in [-0.3, -0.25) is 0 Å². The molecule has 3 aromatic carbocycles. The van der Waals surface area contributed by atoms with Crippen LogP contribution < -0.4 is 19.5 Å². The summed E-state index contributed by atoms with van der Waals surface area (Å²) >= 11 is 0. The van der Waals surface area contributed by atoms with E-state index in [1.165, 1.54) is 12.8 Å². The Hall–Kier alpha value is -3.67. The average molecular weight is 520 g/mol. The molecular weight excluding hydrogens is 478 g/mol. The van der Waals surface area contributed by atoms with Crippen LogP contribution in [0.3, 0.4) is 0 Å². The Morgan fingerprint density at radius 1 is 0.763 bits per heavy atom. The molecule has 0 saturated carbocycles. The molecule has 0 aliphatic rings. The van der Waals surface area contributed by atoms with Crippen molar-refractivity contribution >= 4 is 6.09 Å². The molecule has 6 nitrogen and oxygen atoms in total. The molecule has 0 aromatic heterocycles. The lowest BCUT2D eigenvalue weighted by Crippen LogP contribution is -2.33. The van der Waals surface area contributed by atoms with Crippen molar-refractivity contribution in [2.45, 2.75) is 59.0 Å². The highest BCUT2D eigenvalue weighted by atomic mass is 16.6. The van der Waals surface area contributed by atoms with E-state index in [1.54, 1.807) is 7.11 Å². The van der Waals surface area contributed by atoms with Crippen LogP contribution in [0.4, 0.5) is 4.79 Å². The van der Waals surface area contributed by atoms with Crippen molar-refractivity contribution in [2.24, 2.45) is 0 Å². The number of carbonyl (C=O) groups is 1. The number of methoxy groups -OCH3 is 1. The summed E-state index contributed by atoms with van der Waals surface area (Å²) in [6.07, 6.45) is 3.69. The molecule has 0 saturated heterocycles. The summed E-state index contributed by atoms with van der Waals surface area (Å²) in [5, 5.41) is 2.76. The van der Waals surface area contributed by atoms with Gasteiger partial charge in [0.25, 0.3) is 0 Å². The standard InChI is InChI=1S/C32H41NO5/c1-6-7-8-21-36-27-16-14-25(15-17-27)24-10-12-26(13-11-24)29-19-18-28(35-5)23-30(29)37-22-9-20-33-31(34)38-32(2,3)4/h10-19,23H,6-9,20-22H2,1-5H3,(H,33,34). The van der Waals surface area contributed by atoms with Crippen LogP contribution in [0.5, 0.6) is 17.2 Å². The molecule has 0 spiro atoms. The van der Waals surface area contributed by atoms with Gasteiger partial charge in [-0.25, -0.2) is 4.79 Å². The van der Waals surface area contributed by atoms with Crippen LogP contribution in [0.25, 0.3) is 22.3 Å². The van der Waals surface area contributed by atoms with Crippen LogP contribution >= 0.6 is 0 Å². The summed E-state index contributed by atoms with van der Waals surface area (Å²) < 4.78 is 22.6. The lowest BCUT2D eigenvalue weighted by atomic mass is 9.99. The van der Waals surface area contributed by atoms with E-state index < -0.39 is 11.7 Å². The quantitative estimate of drug-likeness (QED) is 0.233. The van der Waals surface area contributed by atoms with Crippen molar-refractivity contribution in [1.29, 1.82) is 0 Å². The van der Waals surface area contributed by atoms with Crippen LogP contribution in [0.15, 0.2) is 66.7 Å². The van der Waals surface area contributed by atoms with E-state index in [9.17, 15) is 4.79 Å². The van der Waals surface area contributed by atoms with Gasteiger partial charge >= 0.3 is 6.09 Å². The predicted molar refractivity (Wildman–Crippen MR) is 153 cm³/mol. The number of rotatable bonds is 13. The first-order valence-electron chi connectivity index (χ1n) is 13.4. The van der Waals surface area contributed by atoms with Gasteiger partial charge in [0.05, 0.1) is 20.3 Å². The zero-order valence-corrected chi connectivity index (χ0v) is 23.3. The first-order chi connectivity index (χ1) is 18.3. The first-order valence-corrected chi connectivity index (χ1v) is 13.4. The summed E-state index contributed by atoms with van der Waals surface area (Å²) in [5.74, 6) is 2.37. The molecule has 0 bridgehead atoms. The van der Waals surface area contributed by atoms with Crippen LogP contribution in [0.1, 0.15) is 53.4 Å². The fraction of sp³-hybridized carbons (Fsp3) is 0.406. The minimum Gasteiger partial charge on any atom is -0.497 e. The van der Waals surface area contributed by atoms with Crippen molar-refractivity contribution in [3.8, 4) is 39.5 Å². The van der Waals surface area contributed by atoms with Gasteiger partial charge in [-0.1, -0.05) is 56.2 Å². The minimum absolute atomic E-state index is 0.422. The molecule has 1 amide bonds. The van der Waals surface area contributed by atoms with E-state index in [0.29, 0.717) is 19.6 Å². The Morgan fingerprint density at radius 3 is 2.00 bits per heavy atom. The van der Waals surface area contributed by atoms with Gasteiger partial charge in [0.2, 0.25) is 0 Å². The molecule has 0 aliphatic heterocycles. The van der Waals surface area contributed by atoms with E-state index in [0.717, 1.165) is 52.5 Å². The average Bonchev–Trinajstić information content (AvgIpc) is 2.90. The highest BCUT2D eigenvalue weighted by Gasteiger charge is 2.15. The second-order valence-corrected chi connectivity index (χ2v) is 10.2. The molecule has 38 heavy (non-hydrogen) atoms. The molecule has 0 aliphatic carbocycles. The van der Waals surface area contributed by atoms with E-state index >= 15 is 0 Å². The van der Waals surface area contributed by atoms with E-state index in [-0.39, 0.29) is 0 Å². The third-order valence-electron chi connectivity index (χ3n) is 5.84. The number of benzene rings is 3. The highest BCUT2D eigenvalue weighted by Crippen LogP contribution is 2.35. The van der Waals surface area contributed by atoms with E-state index in [1.807, 2.05) is 51.1 Å². The van der Waals surface area contributed by atoms with E-state index in [2.05, 4.69) is 48.6 Å². The third kappa shape index (κ3) is 9.33. The summed E-state index contributed by atoms with van der Waals surface area (Å²) in [6.45, 7) is 9.38. The van der Waals surface area contributed by atoms with Crippen molar-refractivity contribution in [3.63, 3.8) is 0 Å². The smallest absolute Gasteiger partial charge is 0.407 e. The Morgan fingerprint density at radius 2 is 1.37 bits per heavy atom. The SMILES string of the molecule is CCCCCOc1ccc(-c2ccc(-c3ccc(OC)cc3OCCCNC(=O)OC(C)(C)C)cc2)cc1. The van der Waals surface area contributed by atoms with Gasteiger partial charge in [0.15, 0.2) is 0 Å². The van der Waals surface area contributed by atoms with Crippen LogP contribution in [-0.2, 0) is 4.74 Å². The molecule has 0 fully saturated rings. The number of nitrogens with one attached hydrogen (secondary N) is 1. The Kier molecular flexibility index (Phi) is 10.9. The largest absolute Gasteiger partial charge is 0.497 e. The van der Waals surface area contributed by atoms with Crippen molar-refractivity contribution < 1.29 is 23.7 Å². The van der Waals surface area contributed by atoms with Crippen molar-refractivity contribution in [3.05, 3.63) is 66.7 Å². The lowest BCUT2D eigenvalue weighted by molar-refractivity contribution is 0.0525. The van der Waals surface area contributed by atoms with Gasteiger partial charge < -0.3 is 24.3 Å². The Labute approximate surface area is 227 Å². The van der Waals surface area contributed by atoms with Crippen molar-refractivity contribution in [1.82, 2.24) is 5.32 Å². The van der Waals surface area contributed by atoms with Gasteiger partial charge in [-0.15, -0.1) is 0 Å². The third-order valence-corrected chi connectivity index (χ3v) is 5.84. The Bertz CT molecular complexity index is 1130. The number of hydrogen-bond acceptors (Lipinski definition) is 5. The summed E-state index contributed by atoms with van der Waals surface area (Å²) in [5.41, 5.74) is 3.79. The highest BCUT2D eigenvalue weighted by molar-refractivity contribution is 5.75. The van der Waals surface area contributed by atoms with Crippen LogP contribution in [-0.4, -0.2) is 38.6 Å². The zero-order valence-electron chi connectivity index (χ0n) is 23.3. The monoisotopic (exact) mass is 519 g/mol. The number of hydrogen-bond donors (Lipinski definition) is 1. The van der Waals surface area contributed by atoms with E-state index in [4.69, 9.17) is 18.9 Å². The molecule has 3 aromatic rings. The predicted octanol–water partition coefficient (Wildman–Crippen LogP) is 7.89. The maximum absolute atomic E-state index is 11.8. The normalized spacial score (nSPS) is 11.1. The van der Waals surface area contributed by atoms with Gasteiger partial charge in [-0.2, -0.15) is 0 Å². The lowest BCUT2D eigenvalue weighted by Gasteiger charge is -2.19. The number of carbonyl (C=O) groups excluding carboxylic acids is 1. The Balaban J connectivity index is 1.61. The molecule has 1 N–H and O–H groups in total. The zero-order chi connectivity index (χ0) is 27.4. The maximum atomic E-state index is 11.8.